The number of hydrogen-bond acceptors (Lipinski definition) is 7. The highest BCUT2D eigenvalue weighted by molar-refractivity contribution is 7.89. The van der Waals surface area contributed by atoms with E-state index in [0.29, 0.717) is 19.6 Å². The van der Waals surface area contributed by atoms with Crippen LogP contribution >= 0.6 is 0 Å². The van der Waals surface area contributed by atoms with E-state index >= 15 is 0 Å². The van der Waals surface area contributed by atoms with Crippen molar-refractivity contribution in [1.82, 2.24) is 19.4 Å². The van der Waals surface area contributed by atoms with Gasteiger partial charge < -0.3 is 9.47 Å². The Kier molecular flexibility index (Phi) is 6.28. The molecule has 1 aromatic heterocycles. The summed E-state index contributed by atoms with van der Waals surface area (Å²) in [5, 5.41) is 6.00. The summed E-state index contributed by atoms with van der Waals surface area (Å²) in [4.78, 5) is 14.2. The number of aromatic amines is 1. The van der Waals surface area contributed by atoms with Gasteiger partial charge in [-0.1, -0.05) is 0 Å². The molecule has 146 valence electrons. The van der Waals surface area contributed by atoms with E-state index in [1.807, 2.05) is 0 Å². The van der Waals surface area contributed by atoms with E-state index < -0.39 is 16.0 Å². The van der Waals surface area contributed by atoms with Crippen molar-refractivity contribution in [1.29, 1.82) is 0 Å². The molecular formula is C16H26N4O5S. The molecule has 26 heavy (non-hydrogen) atoms. The van der Waals surface area contributed by atoms with E-state index in [0.717, 1.165) is 39.0 Å². The van der Waals surface area contributed by atoms with Crippen molar-refractivity contribution >= 4 is 16.0 Å². The fourth-order valence-electron chi connectivity index (χ4n) is 3.40. The number of esters is 1. The molecule has 9 nitrogen and oxygen atoms in total. The normalized spacial score (nSPS) is 23.0. The zero-order valence-corrected chi connectivity index (χ0v) is 15.8. The number of sulfonamides is 1. The SMILES string of the molecule is CCOC(=O)c1cn[nH]c1S(=O)(=O)N1CCCN(C[C@@H]2CCCO2)CC1. The van der Waals surface area contributed by atoms with E-state index in [1.54, 1.807) is 6.92 Å². The van der Waals surface area contributed by atoms with Crippen LogP contribution in [0.4, 0.5) is 0 Å². The van der Waals surface area contributed by atoms with Gasteiger partial charge in [-0.3, -0.25) is 10.00 Å². The molecule has 0 bridgehead atoms. The summed E-state index contributed by atoms with van der Waals surface area (Å²) in [6.07, 6.45) is 4.34. The Morgan fingerprint density at radius 2 is 2.19 bits per heavy atom. The van der Waals surface area contributed by atoms with Crippen LogP contribution in [-0.4, -0.2) is 85.8 Å². The summed E-state index contributed by atoms with van der Waals surface area (Å²) in [6.45, 7) is 5.75. The van der Waals surface area contributed by atoms with Crippen molar-refractivity contribution in [3.8, 4) is 0 Å². The molecule has 0 aliphatic carbocycles. The highest BCUT2D eigenvalue weighted by atomic mass is 32.2. The number of nitrogens with zero attached hydrogens (tertiary/aromatic N) is 3. The summed E-state index contributed by atoms with van der Waals surface area (Å²) in [7, 11) is -3.83. The van der Waals surface area contributed by atoms with Gasteiger partial charge in [0.15, 0.2) is 5.03 Å². The maximum absolute atomic E-state index is 13.0. The lowest BCUT2D eigenvalue weighted by Gasteiger charge is -2.23. The number of nitrogens with one attached hydrogen (secondary N) is 1. The van der Waals surface area contributed by atoms with Crippen LogP contribution in [0, 0.1) is 0 Å². The van der Waals surface area contributed by atoms with E-state index in [2.05, 4.69) is 15.1 Å². The number of H-pyrrole nitrogens is 1. The number of carbonyl (C=O) groups excluding carboxylic acids is 1. The monoisotopic (exact) mass is 386 g/mol. The van der Waals surface area contributed by atoms with Crippen LogP contribution < -0.4 is 0 Å². The maximum atomic E-state index is 13.0. The number of rotatable bonds is 6. The number of aromatic nitrogens is 2. The van der Waals surface area contributed by atoms with Crippen molar-refractivity contribution in [2.75, 3.05) is 45.9 Å². The molecule has 1 N–H and O–H groups in total. The van der Waals surface area contributed by atoms with Gasteiger partial charge in [-0.15, -0.1) is 0 Å². The van der Waals surface area contributed by atoms with Crippen LogP contribution in [0.1, 0.15) is 36.5 Å². The van der Waals surface area contributed by atoms with Gasteiger partial charge in [0.25, 0.3) is 10.0 Å². The predicted octanol–water partition coefficient (Wildman–Crippen LogP) is 0.462. The van der Waals surface area contributed by atoms with Crippen LogP contribution in [0.25, 0.3) is 0 Å². The number of hydrogen-bond donors (Lipinski definition) is 1. The van der Waals surface area contributed by atoms with Crippen molar-refractivity contribution in [2.45, 2.75) is 37.3 Å². The van der Waals surface area contributed by atoms with Crippen molar-refractivity contribution in [2.24, 2.45) is 0 Å². The molecule has 2 saturated heterocycles. The molecule has 0 spiro atoms. The predicted molar refractivity (Wildman–Crippen MR) is 93.3 cm³/mol. The average Bonchev–Trinajstić information content (AvgIpc) is 3.24. The first-order chi connectivity index (χ1) is 12.5. The van der Waals surface area contributed by atoms with Gasteiger partial charge in [0.05, 0.1) is 18.9 Å². The molecule has 0 saturated carbocycles. The van der Waals surface area contributed by atoms with Crippen LogP contribution in [0.3, 0.4) is 0 Å². The first-order valence-corrected chi connectivity index (χ1v) is 10.5. The molecule has 2 fully saturated rings. The average molecular weight is 386 g/mol. The van der Waals surface area contributed by atoms with Crippen LogP contribution in [0.5, 0.6) is 0 Å². The summed E-state index contributed by atoms with van der Waals surface area (Å²) in [5.41, 5.74) is -0.0488. The molecular weight excluding hydrogens is 360 g/mol. The molecule has 0 unspecified atom stereocenters. The Bertz CT molecular complexity index is 714. The summed E-state index contributed by atoms with van der Waals surface area (Å²) < 4.78 is 38.0. The van der Waals surface area contributed by atoms with E-state index in [1.165, 1.54) is 10.5 Å². The lowest BCUT2D eigenvalue weighted by Crippen LogP contribution is -2.38. The second kappa shape index (κ2) is 8.47. The van der Waals surface area contributed by atoms with Gasteiger partial charge in [-0.25, -0.2) is 13.2 Å². The minimum absolute atomic E-state index is 0.0488. The Morgan fingerprint density at radius 3 is 2.92 bits per heavy atom. The first kappa shape index (κ1) is 19.3. The highest BCUT2D eigenvalue weighted by Crippen LogP contribution is 2.21. The quantitative estimate of drug-likeness (QED) is 0.708. The minimum Gasteiger partial charge on any atom is -0.462 e. The number of ether oxygens (including phenoxy) is 2. The van der Waals surface area contributed by atoms with Crippen molar-refractivity contribution < 1.29 is 22.7 Å². The second-order valence-corrected chi connectivity index (χ2v) is 8.40. The van der Waals surface area contributed by atoms with Crippen LogP contribution in [0.2, 0.25) is 0 Å². The van der Waals surface area contributed by atoms with Gasteiger partial charge in [-0.2, -0.15) is 9.40 Å². The summed E-state index contributed by atoms with van der Waals surface area (Å²) in [6, 6.07) is 0. The lowest BCUT2D eigenvalue weighted by atomic mass is 10.2. The first-order valence-electron chi connectivity index (χ1n) is 9.07. The third kappa shape index (κ3) is 4.25. The topological polar surface area (TPSA) is 105 Å². The van der Waals surface area contributed by atoms with Gasteiger partial charge in [0.2, 0.25) is 0 Å². The molecule has 1 aromatic rings. The standard InChI is InChI=1S/C16H26N4O5S/c1-2-24-16(21)14-11-17-18-15(14)26(22,23)20-7-4-6-19(8-9-20)12-13-5-3-10-25-13/h11,13H,2-10,12H2,1H3,(H,17,18)/t13-/m0/s1. The highest BCUT2D eigenvalue weighted by Gasteiger charge is 2.33. The lowest BCUT2D eigenvalue weighted by molar-refractivity contribution is 0.0521. The number of carbonyl (C=O) groups is 1. The van der Waals surface area contributed by atoms with Crippen LogP contribution in [-0.2, 0) is 19.5 Å². The zero-order valence-electron chi connectivity index (χ0n) is 15.0. The maximum Gasteiger partial charge on any atom is 0.342 e. The van der Waals surface area contributed by atoms with Gasteiger partial charge in [0, 0.05) is 32.8 Å². The van der Waals surface area contributed by atoms with Crippen molar-refractivity contribution in [3.05, 3.63) is 11.8 Å². The Labute approximate surface area is 153 Å². The molecule has 0 amide bonds. The summed E-state index contributed by atoms with van der Waals surface area (Å²) >= 11 is 0. The van der Waals surface area contributed by atoms with Crippen molar-refractivity contribution in [3.63, 3.8) is 0 Å². The molecule has 2 aliphatic rings. The molecule has 0 radical (unpaired) electrons. The smallest absolute Gasteiger partial charge is 0.342 e. The fourth-order valence-corrected chi connectivity index (χ4v) is 4.93. The van der Waals surface area contributed by atoms with Gasteiger partial charge in [0.1, 0.15) is 5.56 Å². The molecule has 0 aromatic carbocycles. The van der Waals surface area contributed by atoms with Crippen LogP contribution in [0.15, 0.2) is 11.2 Å². The fraction of sp³-hybridized carbons (Fsp3) is 0.750. The van der Waals surface area contributed by atoms with Gasteiger partial charge in [-0.05, 0) is 32.7 Å². The third-order valence-electron chi connectivity index (χ3n) is 4.73. The minimum atomic E-state index is -3.83. The molecule has 3 rings (SSSR count). The Morgan fingerprint density at radius 1 is 1.35 bits per heavy atom. The Balaban J connectivity index is 1.68. The zero-order chi connectivity index (χ0) is 18.6. The molecule has 1 atom stereocenters. The van der Waals surface area contributed by atoms with E-state index in [-0.39, 0.29) is 23.3 Å². The Hall–Kier alpha value is -1.49. The summed E-state index contributed by atoms with van der Waals surface area (Å²) in [5.74, 6) is -0.686. The van der Waals surface area contributed by atoms with E-state index in [9.17, 15) is 13.2 Å². The molecule has 2 aliphatic heterocycles. The van der Waals surface area contributed by atoms with Gasteiger partial charge >= 0.3 is 5.97 Å². The second-order valence-electron chi connectivity index (χ2n) is 6.53. The third-order valence-corrected chi connectivity index (χ3v) is 6.60. The molecule has 3 heterocycles. The largest absolute Gasteiger partial charge is 0.462 e. The molecule has 10 heteroatoms. The van der Waals surface area contributed by atoms with E-state index in [4.69, 9.17) is 9.47 Å².